The molecule has 88 valence electrons. The highest BCUT2D eigenvalue weighted by Crippen LogP contribution is 2.24. The quantitative estimate of drug-likeness (QED) is 0.822. The number of hydrogen-bond donors (Lipinski definition) is 1. The summed E-state index contributed by atoms with van der Waals surface area (Å²) in [7, 11) is 0. The van der Waals surface area contributed by atoms with Gasteiger partial charge in [0.25, 0.3) is 0 Å². The van der Waals surface area contributed by atoms with Gasteiger partial charge in [-0.25, -0.2) is 4.98 Å². The van der Waals surface area contributed by atoms with Gasteiger partial charge < -0.3 is 5.32 Å². The first-order valence-electron chi connectivity index (χ1n) is 5.21. The summed E-state index contributed by atoms with van der Waals surface area (Å²) >= 11 is 6.90. The number of rotatable bonds is 2. The van der Waals surface area contributed by atoms with Gasteiger partial charge in [0.1, 0.15) is 5.82 Å². The molecule has 0 atom stereocenters. The highest BCUT2D eigenvalue weighted by molar-refractivity contribution is 9.10. The molecular weight excluding hydrogens is 344 g/mol. The first-order chi connectivity index (χ1) is 8.06. The summed E-state index contributed by atoms with van der Waals surface area (Å²) in [4.78, 5) is 4.36. The lowest BCUT2D eigenvalue weighted by Crippen LogP contribution is -1.96. The molecule has 1 heterocycles. The lowest BCUT2D eigenvalue weighted by atomic mass is 10.2. The lowest BCUT2D eigenvalue weighted by Gasteiger charge is -2.10. The van der Waals surface area contributed by atoms with Crippen LogP contribution in [0.2, 0.25) is 0 Å². The molecule has 2 nitrogen and oxygen atoms in total. The van der Waals surface area contributed by atoms with Gasteiger partial charge in [0, 0.05) is 20.8 Å². The van der Waals surface area contributed by atoms with Gasteiger partial charge in [0.15, 0.2) is 0 Å². The Balaban J connectivity index is 2.28. The van der Waals surface area contributed by atoms with Crippen molar-refractivity contribution in [1.29, 1.82) is 0 Å². The molecule has 0 saturated heterocycles. The van der Waals surface area contributed by atoms with Crippen LogP contribution in [0.4, 0.5) is 11.5 Å². The number of aryl methyl sites for hydroxylation is 2. The standard InChI is InChI=1S/C13H12Br2N2/c1-8-6-11(3-4-12(8)15)17-13-9(2)5-10(14)7-16-13/h3-7H,1-2H3,(H,16,17). The first-order valence-corrected chi connectivity index (χ1v) is 6.80. The van der Waals surface area contributed by atoms with Crippen molar-refractivity contribution in [1.82, 2.24) is 4.98 Å². The van der Waals surface area contributed by atoms with Gasteiger partial charge in [-0.2, -0.15) is 0 Å². The molecule has 17 heavy (non-hydrogen) atoms. The molecule has 0 unspecified atom stereocenters. The highest BCUT2D eigenvalue weighted by Gasteiger charge is 2.02. The zero-order valence-electron chi connectivity index (χ0n) is 9.59. The summed E-state index contributed by atoms with van der Waals surface area (Å²) in [5.74, 6) is 0.884. The van der Waals surface area contributed by atoms with Crippen LogP contribution in [0.15, 0.2) is 39.4 Å². The van der Waals surface area contributed by atoms with Crippen molar-refractivity contribution in [2.24, 2.45) is 0 Å². The Hall–Kier alpha value is -0.870. The molecule has 0 aliphatic heterocycles. The van der Waals surface area contributed by atoms with Crippen LogP contribution in [0.1, 0.15) is 11.1 Å². The number of hydrogen-bond acceptors (Lipinski definition) is 2. The Morgan fingerprint density at radius 3 is 2.47 bits per heavy atom. The van der Waals surface area contributed by atoms with Gasteiger partial charge in [-0.1, -0.05) is 15.9 Å². The molecular formula is C13H12Br2N2. The van der Waals surface area contributed by atoms with E-state index in [1.807, 2.05) is 25.1 Å². The summed E-state index contributed by atoms with van der Waals surface area (Å²) in [6.07, 6.45) is 1.79. The second-order valence-electron chi connectivity index (χ2n) is 3.91. The third kappa shape index (κ3) is 3.07. The molecule has 1 aromatic heterocycles. The van der Waals surface area contributed by atoms with Crippen molar-refractivity contribution >= 4 is 43.4 Å². The van der Waals surface area contributed by atoms with E-state index in [1.54, 1.807) is 6.20 Å². The molecule has 0 radical (unpaired) electrons. The number of pyridine rings is 1. The Kier molecular flexibility index (Phi) is 3.84. The van der Waals surface area contributed by atoms with Crippen LogP contribution < -0.4 is 5.32 Å². The maximum atomic E-state index is 4.36. The number of benzene rings is 1. The Morgan fingerprint density at radius 2 is 1.82 bits per heavy atom. The van der Waals surface area contributed by atoms with Crippen LogP contribution >= 0.6 is 31.9 Å². The van der Waals surface area contributed by atoms with Gasteiger partial charge in [0.2, 0.25) is 0 Å². The smallest absolute Gasteiger partial charge is 0.133 e. The molecule has 0 saturated carbocycles. The molecule has 0 amide bonds. The average molecular weight is 356 g/mol. The Labute approximate surface area is 118 Å². The van der Waals surface area contributed by atoms with Gasteiger partial charge in [-0.15, -0.1) is 0 Å². The molecule has 2 aromatic rings. The van der Waals surface area contributed by atoms with E-state index in [1.165, 1.54) is 5.56 Å². The van der Waals surface area contributed by atoms with Gasteiger partial charge >= 0.3 is 0 Å². The second kappa shape index (κ2) is 5.19. The van der Waals surface area contributed by atoms with E-state index in [9.17, 15) is 0 Å². The van der Waals surface area contributed by atoms with E-state index in [0.29, 0.717) is 0 Å². The molecule has 0 aliphatic carbocycles. The Bertz CT molecular complexity index is 553. The maximum absolute atomic E-state index is 4.36. The minimum absolute atomic E-state index is 0.884. The largest absolute Gasteiger partial charge is 0.340 e. The summed E-state index contributed by atoms with van der Waals surface area (Å²) in [5.41, 5.74) is 3.35. The van der Waals surface area contributed by atoms with Crippen molar-refractivity contribution in [2.45, 2.75) is 13.8 Å². The second-order valence-corrected chi connectivity index (χ2v) is 5.68. The summed E-state index contributed by atoms with van der Waals surface area (Å²) in [5, 5.41) is 3.31. The topological polar surface area (TPSA) is 24.9 Å². The summed E-state index contributed by atoms with van der Waals surface area (Å²) in [6, 6.07) is 8.19. The Morgan fingerprint density at radius 1 is 1.06 bits per heavy atom. The zero-order valence-corrected chi connectivity index (χ0v) is 12.8. The number of aromatic nitrogens is 1. The zero-order chi connectivity index (χ0) is 12.4. The molecule has 4 heteroatoms. The van der Waals surface area contributed by atoms with Crippen LogP contribution in [0, 0.1) is 13.8 Å². The summed E-state index contributed by atoms with van der Waals surface area (Å²) < 4.78 is 2.11. The van der Waals surface area contributed by atoms with Gasteiger partial charge in [0.05, 0.1) is 0 Å². The third-order valence-corrected chi connectivity index (χ3v) is 3.79. The minimum atomic E-state index is 0.884. The van der Waals surface area contributed by atoms with Crippen molar-refractivity contribution < 1.29 is 0 Å². The fraction of sp³-hybridized carbons (Fsp3) is 0.154. The van der Waals surface area contributed by atoms with Gasteiger partial charge in [-0.05, 0) is 65.2 Å². The van der Waals surface area contributed by atoms with E-state index in [0.717, 1.165) is 26.0 Å². The fourth-order valence-corrected chi connectivity index (χ4v) is 2.22. The minimum Gasteiger partial charge on any atom is -0.340 e. The van der Waals surface area contributed by atoms with E-state index >= 15 is 0 Å². The summed E-state index contributed by atoms with van der Waals surface area (Å²) in [6.45, 7) is 4.10. The molecule has 0 fully saturated rings. The van der Waals surface area contributed by atoms with Crippen LogP contribution in [-0.2, 0) is 0 Å². The molecule has 0 aliphatic rings. The fourth-order valence-electron chi connectivity index (χ4n) is 1.53. The maximum Gasteiger partial charge on any atom is 0.133 e. The van der Waals surface area contributed by atoms with E-state index < -0.39 is 0 Å². The van der Waals surface area contributed by atoms with Crippen LogP contribution in [0.5, 0.6) is 0 Å². The van der Waals surface area contributed by atoms with E-state index in [-0.39, 0.29) is 0 Å². The molecule has 0 bridgehead atoms. The highest BCUT2D eigenvalue weighted by atomic mass is 79.9. The normalized spacial score (nSPS) is 10.4. The van der Waals surface area contributed by atoms with Crippen molar-refractivity contribution in [3.63, 3.8) is 0 Å². The number of nitrogens with one attached hydrogen (secondary N) is 1. The van der Waals surface area contributed by atoms with Gasteiger partial charge in [-0.3, -0.25) is 0 Å². The first kappa shape index (κ1) is 12.6. The molecule has 1 N–H and O–H groups in total. The van der Waals surface area contributed by atoms with Crippen molar-refractivity contribution in [2.75, 3.05) is 5.32 Å². The predicted molar refractivity (Wildman–Crippen MR) is 78.8 cm³/mol. The van der Waals surface area contributed by atoms with Crippen molar-refractivity contribution in [3.8, 4) is 0 Å². The van der Waals surface area contributed by atoms with E-state index in [4.69, 9.17) is 0 Å². The predicted octanol–water partition coefficient (Wildman–Crippen LogP) is 4.97. The molecule has 2 rings (SSSR count). The molecule has 0 spiro atoms. The molecule has 1 aromatic carbocycles. The van der Waals surface area contributed by atoms with Crippen LogP contribution in [0.25, 0.3) is 0 Å². The SMILES string of the molecule is Cc1cc(Nc2ncc(Br)cc2C)ccc1Br. The van der Waals surface area contributed by atoms with Crippen molar-refractivity contribution in [3.05, 3.63) is 50.5 Å². The third-order valence-electron chi connectivity index (χ3n) is 2.47. The number of halogens is 2. The number of anilines is 2. The van der Waals surface area contributed by atoms with Crippen LogP contribution in [0.3, 0.4) is 0 Å². The average Bonchev–Trinajstić information content (AvgIpc) is 2.27. The lowest BCUT2D eigenvalue weighted by molar-refractivity contribution is 1.24. The monoisotopic (exact) mass is 354 g/mol. The van der Waals surface area contributed by atoms with E-state index in [2.05, 4.69) is 55.2 Å². The van der Waals surface area contributed by atoms with Crippen LogP contribution in [-0.4, -0.2) is 4.98 Å². The number of nitrogens with zero attached hydrogens (tertiary/aromatic N) is 1.